The summed E-state index contributed by atoms with van der Waals surface area (Å²) in [6, 6.07) is 14.1. The average Bonchev–Trinajstić information content (AvgIpc) is 3.27. The Morgan fingerprint density at radius 1 is 1.14 bits per heavy atom. The minimum atomic E-state index is -3.68. The predicted octanol–water partition coefficient (Wildman–Crippen LogP) is 3.32. The summed E-state index contributed by atoms with van der Waals surface area (Å²) in [5.74, 6) is 0. The van der Waals surface area contributed by atoms with Gasteiger partial charge in [-0.1, -0.05) is 18.2 Å². The first-order chi connectivity index (χ1) is 13.9. The highest BCUT2D eigenvalue weighted by Crippen LogP contribution is 2.30. The van der Waals surface area contributed by atoms with Crippen LogP contribution in [0.4, 0.5) is 17.1 Å². The minimum absolute atomic E-state index is 0.0274. The normalized spacial score (nSPS) is 14.7. The van der Waals surface area contributed by atoms with Crippen molar-refractivity contribution in [1.82, 2.24) is 4.31 Å². The molecule has 1 aliphatic heterocycles. The second-order valence-electron chi connectivity index (χ2n) is 7.08. The molecule has 2 aromatic carbocycles. The van der Waals surface area contributed by atoms with Crippen molar-refractivity contribution in [3.8, 4) is 0 Å². The molecule has 1 N–H and O–H groups in total. The monoisotopic (exact) mass is 418 g/mol. The Hall–Kier alpha value is -2.65. The summed E-state index contributed by atoms with van der Waals surface area (Å²) in [5, 5.41) is 14.6. The van der Waals surface area contributed by atoms with Crippen molar-refractivity contribution in [3.05, 3.63) is 58.6 Å². The summed E-state index contributed by atoms with van der Waals surface area (Å²) in [6.07, 6.45) is 2.41. The molecular formula is C20H26N4O4S. The number of anilines is 2. The molecular weight excluding hydrogens is 392 g/mol. The topological polar surface area (TPSA) is 95.8 Å². The van der Waals surface area contributed by atoms with Gasteiger partial charge in [0.15, 0.2) is 0 Å². The number of sulfonamides is 1. The van der Waals surface area contributed by atoms with Crippen LogP contribution in [0.5, 0.6) is 0 Å². The van der Waals surface area contributed by atoms with Crippen LogP contribution in [0.15, 0.2) is 53.4 Å². The predicted molar refractivity (Wildman–Crippen MR) is 114 cm³/mol. The molecule has 9 heteroatoms. The van der Waals surface area contributed by atoms with Gasteiger partial charge >= 0.3 is 0 Å². The lowest BCUT2D eigenvalue weighted by atomic mass is 10.2. The van der Waals surface area contributed by atoms with Crippen molar-refractivity contribution < 1.29 is 13.3 Å². The minimum Gasteiger partial charge on any atom is -0.379 e. The quantitative estimate of drug-likeness (QED) is 0.381. The van der Waals surface area contributed by atoms with Crippen molar-refractivity contribution in [2.45, 2.75) is 24.2 Å². The largest absolute Gasteiger partial charge is 0.379 e. The lowest BCUT2D eigenvalue weighted by molar-refractivity contribution is -0.384. The molecule has 0 spiro atoms. The molecule has 1 saturated heterocycles. The smallest absolute Gasteiger partial charge is 0.293 e. The standard InChI is InChI=1S/C20H26N4O4S/c1-22(17-8-3-2-4-9-17)13-7-12-21-19-11-10-18(16-20(19)24(25)26)29(27,28)23-14-5-6-15-23/h2-4,8-11,16,21H,5-7,12-15H2,1H3. The van der Waals surface area contributed by atoms with Gasteiger partial charge in [-0.2, -0.15) is 4.31 Å². The van der Waals surface area contributed by atoms with Crippen molar-refractivity contribution in [1.29, 1.82) is 0 Å². The zero-order chi connectivity index (χ0) is 20.9. The van der Waals surface area contributed by atoms with E-state index in [-0.39, 0.29) is 10.6 Å². The number of rotatable bonds is 9. The van der Waals surface area contributed by atoms with Gasteiger partial charge in [-0.25, -0.2) is 8.42 Å². The fraction of sp³-hybridized carbons (Fsp3) is 0.400. The van der Waals surface area contributed by atoms with E-state index in [0.29, 0.717) is 25.3 Å². The zero-order valence-electron chi connectivity index (χ0n) is 16.5. The molecule has 8 nitrogen and oxygen atoms in total. The van der Waals surface area contributed by atoms with Crippen molar-refractivity contribution in [2.24, 2.45) is 0 Å². The van der Waals surface area contributed by atoms with Crippen molar-refractivity contribution in [2.75, 3.05) is 43.4 Å². The summed E-state index contributed by atoms with van der Waals surface area (Å²) < 4.78 is 26.7. The van der Waals surface area contributed by atoms with Crippen molar-refractivity contribution >= 4 is 27.1 Å². The van der Waals surface area contributed by atoms with Gasteiger partial charge in [-0.15, -0.1) is 0 Å². The van der Waals surface area contributed by atoms with E-state index in [1.807, 2.05) is 37.4 Å². The maximum atomic E-state index is 12.7. The van der Waals surface area contributed by atoms with Crippen LogP contribution >= 0.6 is 0 Å². The number of benzene rings is 2. The summed E-state index contributed by atoms with van der Waals surface area (Å²) >= 11 is 0. The Morgan fingerprint density at radius 2 is 1.83 bits per heavy atom. The zero-order valence-corrected chi connectivity index (χ0v) is 17.3. The van der Waals surface area contributed by atoms with E-state index in [4.69, 9.17) is 0 Å². The maximum Gasteiger partial charge on any atom is 0.293 e. The lowest BCUT2D eigenvalue weighted by Crippen LogP contribution is -2.27. The number of para-hydroxylation sites is 1. The molecule has 0 bridgehead atoms. The first-order valence-electron chi connectivity index (χ1n) is 9.68. The van der Waals surface area contributed by atoms with Crippen LogP contribution < -0.4 is 10.2 Å². The van der Waals surface area contributed by atoms with E-state index < -0.39 is 14.9 Å². The van der Waals surface area contributed by atoms with E-state index in [0.717, 1.165) is 37.6 Å². The van der Waals surface area contributed by atoms with Gasteiger partial charge in [0.05, 0.1) is 9.82 Å². The fourth-order valence-corrected chi connectivity index (χ4v) is 4.94. The maximum absolute atomic E-state index is 12.7. The molecule has 1 fully saturated rings. The van der Waals surface area contributed by atoms with Gasteiger partial charge in [0, 0.05) is 45.0 Å². The summed E-state index contributed by atoms with van der Waals surface area (Å²) in [6.45, 7) is 2.25. The van der Waals surface area contributed by atoms with Crippen LogP contribution in [0.2, 0.25) is 0 Å². The molecule has 0 aromatic heterocycles. The molecule has 0 atom stereocenters. The molecule has 0 saturated carbocycles. The van der Waals surface area contributed by atoms with Gasteiger partial charge in [-0.3, -0.25) is 10.1 Å². The number of nitrogens with one attached hydrogen (secondary N) is 1. The van der Waals surface area contributed by atoms with Crippen LogP contribution in [0, 0.1) is 10.1 Å². The third-order valence-electron chi connectivity index (χ3n) is 5.05. The van der Waals surface area contributed by atoms with E-state index in [2.05, 4.69) is 10.2 Å². The van der Waals surface area contributed by atoms with Crippen LogP contribution in [-0.2, 0) is 10.0 Å². The number of hydrogen-bond donors (Lipinski definition) is 1. The molecule has 29 heavy (non-hydrogen) atoms. The van der Waals surface area contributed by atoms with Gasteiger partial charge in [0.1, 0.15) is 5.69 Å². The summed E-state index contributed by atoms with van der Waals surface area (Å²) in [5.41, 5.74) is 1.22. The molecule has 0 unspecified atom stereocenters. The Balaban J connectivity index is 1.64. The molecule has 0 aliphatic carbocycles. The molecule has 1 aliphatic rings. The number of nitro groups is 1. The Kier molecular flexibility index (Phi) is 6.71. The Morgan fingerprint density at radius 3 is 2.48 bits per heavy atom. The summed E-state index contributed by atoms with van der Waals surface area (Å²) in [7, 11) is -1.69. The number of nitrogens with zero attached hydrogens (tertiary/aromatic N) is 3. The molecule has 156 valence electrons. The van der Waals surface area contributed by atoms with Crippen LogP contribution in [-0.4, -0.2) is 50.9 Å². The molecule has 2 aromatic rings. The lowest BCUT2D eigenvalue weighted by Gasteiger charge is -2.19. The second kappa shape index (κ2) is 9.23. The van der Waals surface area contributed by atoms with Gasteiger partial charge in [0.25, 0.3) is 5.69 Å². The van der Waals surface area contributed by atoms with Crippen LogP contribution in [0.3, 0.4) is 0 Å². The van der Waals surface area contributed by atoms with Crippen LogP contribution in [0.1, 0.15) is 19.3 Å². The summed E-state index contributed by atoms with van der Waals surface area (Å²) in [4.78, 5) is 13.0. The van der Waals surface area contributed by atoms with Crippen molar-refractivity contribution in [3.63, 3.8) is 0 Å². The van der Waals surface area contributed by atoms with E-state index in [1.165, 1.54) is 16.4 Å². The third kappa shape index (κ3) is 5.04. The first-order valence-corrected chi connectivity index (χ1v) is 11.1. The highest BCUT2D eigenvalue weighted by molar-refractivity contribution is 7.89. The third-order valence-corrected chi connectivity index (χ3v) is 6.95. The average molecular weight is 419 g/mol. The highest BCUT2D eigenvalue weighted by atomic mass is 32.2. The number of hydrogen-bond acceptors (Lipinski definition) is 6. The molecule has 0 radical (unpaired) electrons. The van der Waals surface area contributed by atoms with E-state index in [9.17, 15) is 18.5 Å². The molecule has 3 rings (SSSR count). The van der Waals surface area contributed by atoms with E-state index in [1.54, 1.807) is 0 Å². The molecule has 0 amide bonds. The van der Waals surface area contributed by atoms with Gasteiger partial charge in [-0.05, 0) is 43.5 Å². The fourth-order valence-electron chi connectivity index (χ4n) is 3.40. The van der Waals surface area contributed by atoms with E-state index >= 15 is 0 Å². The number of nitro benzene ring substituents is 1. The Bertz CT molecular complexity index is 944. The van der Waals surface area contributed by atoms with Crippen LogP contribution in [0.25, 0.3) is 0 Å². The van der Waals surface area contributed by atoms with Gasteiger partial charge in [0.2, 0.25) is 10.0 Å². The second-order valence-corrected chi connectivity index (χ2v) is 9.02. The Labute approximate surface area is 171 Å². The first kappa shape index (κ1) is 21.1. The van der Waals surface area contributed by atoms with Gasteiger partial charge < -0.3 is 10.2 Å². The molecule has 1 heterocycles. The highest BCUT2D eigenvalue weighted by Gasteiger charge is 2.29. The SMILES string of the molecule is CN(CCCNc1ccc(S(=O)(=O)N2CCCC2)cc1[N+](=O)[O-])c1ccccc1.